The van der Waals surface area contributed by atoms with Gasteiger partial charge in [0.25, 0.3) is 0 Å². The van der Waals surface area contributed by atoms with Gasteiger partial charge in [-0.2, -0.15) is 0 Å². The first-order valence-electron chi connectivity index (χ1n) is 4.89. The lowest BCUT2D eigenvalue weighted by Crippen LogP contribution is -2.21. The Morgan fingerprint density at radius 3 is 2.36 bits per heavy atom. The van der Waals surface area contributed by atoms with Crippen LogP contribution in [-0.2, 0) is 14.6 Å². The number of ketones is 1. The van der Waals surface area contributed by atoms with E-state index >= 15 is 0 Å². The smallest absolute Gasteiger partial charge is 0.153 e. The van der Waals surface area contributed by atoms with Crippen molar-refractivity contribution in [2.75, 3.05) is 11.5 Å². The lowest BCUT2D eigenvalue weighted by atomic mass is 9.98. The maximum Gasteiger partial charge on any atom is 0.153 e. The highest BCUT2D eigenvalue weighted by Gasteiger charge is 2.40. The number of carbonyl (C=O) groups is 1. The minimum absolute atomic E-state index is 0.0212. The van der Waals surface area contributed by atoms with E-state index in [1.54, 1.807) is 0 Å². The summed E-state index contributed by atoms with van der Waals surface area (Å²) >= 11 is 0. The molecule has 80 valence electrons. The number of aliphatic hydroxyl groups excluding tert-OH is 1. The minimum Gasteiger partial charge on any atom is -0.392 e. The van der Waals surface area contributed by atoms with Crippen molar-refractivity contribution in [3.63, 3.8) is 0 Å². The zero-order valence-electron chi connectivity index (χ0n) is 7.85. The summed E-state index contributed by atoms with van der Waals surface area (Å²) in [5, 5.41) is 9.44. The fourth-order valence-corrected chi connectivity index (χ4v) is 3.85. The Morgan fingerprint density at radius 1 is 1.29 bits per heavy atom. The zero-order valence-corrected chi connectivity index (χ0v) is 8.66. The largest absolute Gasteiger partial charge is 0.392 e. The second-order valence-electron chi connectivity index (χ2n) is 4.35. The van der Waals surface area contributed by atoms with E-state index in [1.807, 2.05) is 0 Å². The number of hydrogen-bond acceptors (Lipinski definition) is 4. The average Bonchev–Trinajstić information content (AvgIpc) is 2.79. The molecular weight excluding hydrogens is 204 g/mol. The predicted octanol–water partition coefficient (Wildman–Crippen LogP) is -0.239. The third-order valence-corrected chi connectivity index (χ3v) is 4.72. The van der Waals surface area contributed by atoms with E-state index in [1.165, 1.54) is 0 Å². The quantitative estimate of drug-likeness (QED) is 0.709. The predicted molar refractivity (Wildman–Crippen MR) is 50.5 cm³/mol. The zero-order chi connectivity index (χ0) is 10.3. The number of carbonyl (C=O) groups excluding carboxylic acids is 1. The van der Waals surface area contributed by atoms with E-state index in [4.69, 9.17) is 0 Å². The Balaban J connectivity index is 1.95. The molecule has 5 heteroatoms. The summed E-state index contributed by atoms with van der Waals surface area (Å²) in [6.45, 7) is 0. The van der Waals surface area contributed by atoms with Crippen LogP contribution in [0, 0.1) is 11.8 Å². The highest BCUT2D eigenvalue weighted by molar-refractivity contribution is 7.91. The molecule has 0 spiro atoms. The molecule has 14 heavy (non-hydrogen) atoms. The highest BCUT2D eigenvalue weighted by atomic mass is 32.2. The van der Waals surface area contributed by atoms with Crippen LogP contribution in [0.25, 0.3) is 0 Å². The van der Waals surface area contributed by atoms with Crippen molar-refractivity contribution in [3.8, 4) is 0 Å². The molecule has 1 saturated heterocycles. The van der Waals surface area contributed by atoms with Gasteiger partial charge in [0.1, 0.15) is 5.78 Å². The van der Waals surface area contributed by atoms with Gasteiger partial charge in [0.15, 0.2) is 9.84 Å². The normalized spacial score (nSPS) is 35.8. The Bertz CT molecular complexity index is 342. The van der Waals surface area contributed by atoms with E-state index < -0.39 is 15.9 Å². The fourth-order valence-electron chi connectivity index (χ4n) is 1.93. The summed E-state index contributed by atoms with van der Waals surface area (Å²) in [6, 6.07) is 0. The molecular formula is C9H14O4S. The highest BCUT2D eigenvalue weighted by Crippen LogP contribution is 2.33. The third-order valence-electron chi connectivity index (χ3n) is 2.93. The average molecular weight is 218 g/mol. The van der Waals surface area contributed by atoms with Gasteiger partial charge in [-0.05, 0) is 12.8 Å². The molecule has 4 nitrogen and oxygen atoms in total. The molecule has 2 fully saturated rings. The first kappa shape index (κ1) is 10.1. The molecule has 0 amide bonds. The van der Waals surface area contributed by atoms with Crippen molar-refractivity contribution in [1.82, 2.24) is 0 Å². The summed E-state index contributed by atoms with van der Waals surface area (Å²) in [4.78, 5) is 11.4. The summed E-state index contributed by atoms with van der Waals surface area (Å²) in [6.07, 6.45) is 1.29. The lowest BCUT2D eigenvalue weighted by Gasteiger charge is -2.10. The van der Waals surface area contributed by atoms with Crippen molar-refractivity contribution in [2.24, 2.45) is 11.8 Å². The summed E-state index contributed by atoms with van der Waals surface area (Å²) < 4.78 is 22.3. The standard InChI is InChI=1S/C9H14O4S/c10-8(6-1-2-6)3-7-4-14(12,13)5-9(7)11/h6-7,9,11H,1-5H2. The van der Waals surface area contributed by atoms with Gasteiger partial charge in [0, 0.05) is 18.3 Å². The first-order chi connectivity index (χ1) is 6.48. The molecule has 2 rings (SSSR count). The van der Waals surface area contributed by atoms with Crippen LogP contribution in [0.3, 0.4) is 0 Å². The number of sulfone groups is 1. The van der Waals surface area contributed by atoms with Crippen molar-refractivity contribution in [2.45, 2.75) is 25.4 Å². The van der Waals surface area contributed by atoms with Crippen LogP contribution in [0.2, 0.25) is 0 Å². The van der Waals surface area contributed by atoms with Crippen LogP contribution < -0.4 is 0 Å². The van der Waals surface area contributed by atoms with E-state index in [9.17, 15) is 18.3 Å². The topological polar surface area (TPSA) is 71.4 Å². The van der Waals surface area contributed by atoms with E-state index in [0.29, 0.717) is 0 Å². The van der Waals surface area contributed by atoms with Crippen LogP contribution in [0.1, 0.15) is 19.3 Å². The first-order valence-corrected chi connectivity index (χ1v) is 6.71. The van der Waals surface area contributed by atoms with Gasteiger partial charge < -0.3 is 5.11 Å². The molecule has 0 aromatic carbocycles. The van der Waals surface area contributed by atoms with Gasteiger partial charge in [-0.25, -0.2) is 8.42 Å². The fraction of sp³-hybridized carbons (Fsp3) is 0.889. The maximum atomic E-state index is 11.4. The summed E-state index contributed by atoms with van der Waals surface area (Å²) in [5.41, 5.74) is 0. The second kappa shape index (κ2) is 3.31. The third kappa shape index (κ3) is 2.15. The molecule has 2 atom stereocenters. The Labute approximate surface area is 83.2 Å². The minimum atomic E-state index is -3.10. The molecule has 1 aliphatic carbocycles. The number of Topliss-reactive ketones (excluding diaryl/α,β-unsaturated/α-hetero) is 1. The van der Waals surface area contributed by atoms with Crippen LogP contribution in [0.5, 0.6) is 0 Å². The summed E-state index contributed by atoms with van der Waals surface area (Å²) in [7, 11) is -3.10. The molecule has 0 aromatic heterocycles. The van der Waals surface area contributed by atoms with Crippen LogP contribution in [-0.4, -0.2) is 36.9 Å². The van der Waals surface area contributed by atoms with Gasteiger partial charge in [0.05, 0.1) is 17.6 Å². The molecule has 0 bridgehead atoms. The molecule has 2 unspecified atom stereocenters. The Kier molecular flexibility index (Phi) is 2.39. The monoisotopic (exact) mass is 218 g/mol. The molecule has 0 radical (unpaired) electrons. The van der Waals surface area contributed by atoms with E-state index in [2.05, 4.69) is 0 Å². The maximum absolute atomic E-state index is 11.4. The van der Waals surface area contributed by atoms with Gasteiger partial charge >= 0.3 is 0 Å². The molecule has 1 heterocycles. The molecule has 1 N–H and O–H groups in total. The van der Waals surface area contributed by atoms with Crippen molar-refractivity contribution in [1.29, 1.82) is 0 Å². The molecule has 2 aliphatic rings. The lowest BCUT2D eigenvalue weighted by molar-refractivity contribution is -0.121. The Hall–Kier alpha value is -0.420. The van der Waals surface area contributed by atoms with Crippen molar-refractivity contribution >= 4 is 15.6 Å². The van der Waals surface area contributed by atoms with Gasteiger partial charge in [-0.15, -0.1) is 0 Å². The van der Waals surface area contributed by atoms with Gasteiger partial charge in [-0.1, -0.05) is 0 Å². The van der Waals surface area contributed by atoms with Crippen LogP contribution >= 0.6 is 0 Å². The van der Waals surface area contributed by atoms with Crippen LogP contribution in [0.15, 0.2) is 0 Å². The number of hydrogen-bond donors (Lipinski definition) is 1. The van der Waals surface area contributed by atoms with Crippen molar-refractivity contribution in [3.05, 3.63) is 0 Å². The SMILES string of the molecule is O=C(CC1CS(=O)(=O)CC1O)C1CC1. The van der Waals surface area contributed by atoms with E-state index in [-0.39, 0.29) is 35.5 Å². The molecule has 1 saturated carbocycles. The number of rotatable bonds is 3. The Morgan fingerprint density at radius 2 is 1.93 bits per heavy atom. The van der Waals surface area contributed by atoms with Crippen molar-refractivity contribution < 1.29 is 18.3 Å². The number of aliphatic hydroxyl groups is 1. The molecule has 0 aromatic rings. The summed E-state index contributed by atoms with van der Waals surface area (Å²) in [5.74, 6) is -0.257. The van der Waals surface area contributed by atoms with E-state index in [0.717, 1.165) is 12.8 Å². The molecule has 1 aliphatic heterocycles. The second-order valence-corrected chi connectivity index (χ2v) is 6.50. The van der Waals surface area contributed by atoms with Gasteiger partial charge in [0.2, 0.25) is 0 Å². The van der Waals surface area contributed by atoms with Gasteiger partial charge in [-0.3, -0.25) is 4.79 Å². The van der Waals surface area contributed by atoms with Crippen LogP contribution in [0.4, 0.5) is 0 Å².